The van der Waals surface area contributed by atoms with Crippen molar-refractivity contribution in [3.05, 3.63) is 35.5 Å². The molecular formula is C51H79NO15. The number of carbonyl (C=O) groups excluding carboxylic acids is 7. The number of rotatable bonds is 26. The van der Waals surface area contributed by atoms with Gasteiger partial charge in [-0.25, -0.2) is 4.79 Å². The van der Waals surface area contributed by atoms with Crippen LogP contribution in [-0.4, -0.2) is 144 Å². The number of ketones is 3. The first-order valence-electron chi connectivity index (χ1n) is 24.1. The number of amides is 1. The van der Waals surface area contributed by atoms with E-state index in [0.29, 0.717) is 81.5 Å². The first-order chi connectivity index (χ1) is 31.7. The molecule has 16 heteroatoms. The molecular weight excluding hydrogens is 867 g/mol. The highest BCUT2D eigenvalue weighted by Crippen LogP contribution is 2.37. The molecule has 0 bridgehead atoms. The molecule has 1 saturated carbocycles. The maximum absolute atomic E-state index is 14.4. The van der Waals surface area contributed by atoms with E-state index in [9.17, 15) is 48.9 Å². The van der Waals surface area contributed by atoms with Gasteiger partial charge in [0.15, 0.2) is 5.78 Å². The maximum Gasteiger partial charge on any atom is 0.329 e. The Hall–Kier alpha value is -3.77. The van der Waals surface area contributed by atoms with Crippen molar-refractivity contribution in [3.8, 4) is 0 Å². The van der Waals surface area contributed by atoms with E-state index in [-0.39, 0.29) is 61.2 Å². The van der Waals surface area contributed by atoms with E-state index < -0.39 is 83.9 Å². The minimum atomic E-state index is -2.48. The highest BCUT2D eigenvalue weighted by atomic mass is 16.6. The summed E-state index contributed by atoms with van der Waals surface area (Å²) in [6, 6.07) is -1.19. The smallest absolute Gasteiger partial charge is 0.329 e. The van der Waals surface area contributed by atoms with Gasteiger partial charge in [-0.3, -0.25) is 28.8 Å². The zero-order chi connectivity index (χ0) is 50.2. The van der Waals surface area contributed by atoms with Crippen molar-refractivity contribution < 1.29 is 72.6 Å². The minimum absolute atomic E-state index is 0.0467. The molecule has 2 saturated heterocycles. The van der Waals surface area contributed by atoms with Gasteiger partial charge in [-0.15, -0.1) is 0 Å². The van der Waals surface area contributed by atoms with Crippen LogP contribution in [0.4, 0.5) is 0 Å². The molecule has 0 aromatic rings. The predicted molar refractivity (Wildman–Crippen MR) is 248 cm³/mol. The molecule has 0 unspecified atom stereocenters. The van der Waals surface area contributed by atoms with Gasteiger partial charge in [0.1, 0.15) is 42.7 Å². The average molecular weight is 946 g/mol. The molecule has 16 nitrogen and oxygen atoms in total. The summed E-state index contributed by atoms with van der Waals surface area (Å²) in [4.78, 5) is 93.1. The van der Waals surface area contributed by atoms with Gasteiger partial charge >= 0.3 is 5.97 Å². The second-order valence-electron chi connectivity index (χ2n) is 19.5. The summed E-state index contributed by atoms with van der Waals surface area (Å²) in [7, 11) is 4.35. The number of aliphatic hydroxyl groups is 3. The first kappa shape index (κ1) is 57.5. The number of allylic oxidation sites excluding steroid dienone is 4. The predicted octanol–water partition coefficient (Wildman–Crippen LogP) is 5.01. The van der Waals surface area contributed by atoms with Gasteiger partial charge in [0.2, 0.25) is 5.79 Å². The monoisotopic (exact) mass is 946 g/mol. The van der Waals surface area contributed by atoms with Crippen molar-refractivity contribution in [1.82, 2.24) is 4.90 Å². The van der Waals surface area contributed by atoms with Crippen molar-refractivity contribution in [2.45, 2.75) is 180 Å². The van der Waals surface area contributed by atoms with Crippen LogP contribution in [0.25, 0.3) is 0 Å². The van der Waals surface area contributed by atoms with Crippen molar-refractivity contribution >= 4 is 41.8 Å². The standard InChI is InChI=1S/C51H79NO15/c1-30(14-13-22-53)24-34(5)45(57)47(65-10)46(58)35(6)25-32(3)41(56)29-43(33(4)26-37-17-19-40(55)44(27-37)64-9)66-50(61)39-15-11-12-21-52(39)49(60)48(59)51(62)36(7)16-18-38(67-51)28-42(63-8)31(2)20-23-54/h13-14,20,22-23,25,30,32-34,36-40,42-44,46-47,55,58,62H,11-12,15-19,21,24,26-29H2,1-10H3/b14-13-,31-20+,35-25+/t30-,32-,33+,34-,36-,37+,38+,39+,40-,42+,43+,44-,46-,47+,51-/m1/s1. The number of piperidine rings is 1. The Kier molecular flexibility index (Phi) is 23.6. The molecule has 1 amide bonds. The fourth-order valence-electron chi connectivity index (χ4n) is 9.93. The fourth-order valence-corrected chi connectivity index (χ4v) is 9.93. The molecule has 1 aliphatic carbocycles. The van der Waals surface area contributed by atoms with Crippen LogP contribution in [0.5, 0.6) is 0 Å². The van der Waals surface area contributed by atoms with E-state index in [2.05, 4.69) is 0 Å². The quantitative estimate of drug-likeness (QED) is 0.0341. The second-order valence-corrected chi connectivity index (χ2v) is 19.5. The van der Waals surface area contributed by atoms with Crippen molar-refractivity contribution in [3.63, 3.8) is 0 Å². The zero-order valence-electron chi connectivity index (χ0n) is 41.4. The largest absolute Gasteiger partial charge is 0.460 e. The van der Waals surface area contributed by atoms with Crippen molar-refractivity contribution in [2.24, 2.45) is 35.5 Å². The number of likely N-dealkylation sites (tertiary alicyclic amines) is 1. The fraction of sp³-hybridized carbons (Fsp3) is 0.745. The van der Waals surface area contributed by atoms with Gasteiger partial charge in [0, 0.05) is 58.5 Å². The molecule has 3 N–H and O–H groups in total. The SMILES string of the molecule is CO[C@@H](C[C@@H]1CC[C@@H](C)[C@](O)(C(=O)C(=O)N2CCCC[C@H]2C(=O)O[C@@H](CC(=O)[C@H](C)/C=C(\C)[C@@H](O)[C@@H](OC)C(=O)[C@H](C)C[C@H](C)/C=C\C=O)[C@@H](C)C[C@@H]2CC[C@@H](O)[C@H](OC)C2)O1)/C(C)=C/C=O. The number of ether oxygens (including phenoxy) is 5. The molecule has 378 valence electrons. The Bertz CT molecular complexity index is 1780. The normalized spacial score (nSPS) is 28.9. The van der Waals surface area contributed by atoms with Crippen LogP contribution < -0.4 is 0 Å². The van der Waals surface area contributed by atoms with Crippen LogP contribution in [-0.2, 0) is 57.2 Å². The molecule has 3 rings (SSSR count). The highest BCUT2D eigenvalue weighted by Gasteiger charge is 2.53. The number of nitrogens with zero attached hydrogens (tertiary/aromatic N) is 1. The van der Waals surface area contributed by atoms with E-state index in [1.54, 1.807) is 53.9 Å². The summed E-state index contributed by atoms with van der Waals surface area (Å²) in [5.41, 5.74) is 0.970. The highest BCUT2D eigenvalue weighted by molar-refractivity contribution is 6.39. The molecule has 3 aliphatic rings. The second kappa shape index (κ2) is 27.4. The van der Waals surface area contributed by atoms with Crippen molar-refractivity contribution in [1.29, 1.82) is 0 Å². The third-order valence-corrected chi connectivity index (χ3v) is 14.3. The molecule has 0 aromatic heterocycles. The van der Waals surface area contributed by atoms with Gasteiger partial charge in [0.25, 0.3) is 11.7 Å². The molecule has 0 spiro atoms. The topological polar surface area (TPSA) is 230 Å². The van der Waals surface area contributed by atoms with E-state index in [4.69, 9.17) is 23.7 Å². The van der Waals surface area contributed by atoms with Gasteiger partial charge < -0.3 is 43.9 Å². The van der Waals surface area contributed by atoms with Crippen LogP contribution in [0.2, 0.25) is 0 Å². The number of hydrogen-bond acceptors (Lipinski definition) is 15. The lowest BCUT2D eigenvalue weighted by Gasteiger charge is -2.42. The molecule has 0 radical (unpaired) electrons. The molecule has 67 heavy (non-hydrogen) atoms. The van der Waals surface area contributed by atoms with Crippen LogP contribution in [0, 0.1) is 35.5 Å². The number of carbonyl (C=O) groups is 7. The lowest BCUT2D eigenvalue weighted by atomic mass is 9.78. The van der Waals surface area contributed by atoms with Gasteiger partial charge in [0.05, 0.1) is 24.4 Å². The average Bonchev–Trinajstić information content (AvgIpc) is 3.30. The molecule has 15 atom stereocenters. The Labute approximate surface area is 397 Å². The van der Waals surface area contributed by atoms with Gasteiger partial charge in [-0.05, 0) is 119 Å². The summed E-state index contributed by atoms with van der Waals surface area (Å²) in [5, 5.41) is 33.6. The van der Waals surface area contributed by atoms with E-state index in [1.165, 1.54) is 26.4 Å². The van der Waals surface area contributed by atoms with Crippen LogP contribution in [0.3, 0.4) is 0 Å². The number of hydrogen-bond donors (Lipinski definition) is 3. The van der Waals surface area contributed by atoms with Gasteiger partial charge in [-0.2, -0.15) is 0 Å². The van der Waals surface area contributed by atoms with Crippen molar-refractivity contribution in [2.75, 3.05) is 27.9 Å². The zero-order valence-corrected chi connectivity index (χ0v) is 41.4. The summed E-state index contributed by atoms with van der Waals surface area (Å²) < 4.78 is 28.8. The van der Waals surface area contributed by atoms with Crippen LogP contribution in [0.1, 0.15) is 126 Å². The van der Waals surface area contributed by atoms with Crippen LogP contribution in [0.15, 0.2) is 35.5 Å². The number of methoxy groups -OCH3 is 3. The Morgan fingerprint density at radius 3 is 2.22 bits per heavy atom. The molecule has 2 heterocycles. The van der Waals surface area contributed by atoms with E-state index >= 15 is 0 Å². The number of aliphatic hydroxyl groups excluding tert-OH is 2. The van der Waals surface area contributed by atoms with Crippen LogP contribution >= 0.6 is 0 Å². The third kappa shape index (κ3) is 15.9. The maximum atomic E-state index is 14.4. The first-order valence-corrected chi connectivity index (χ1v) is 24.1. The van der Waals surface area contributed by atoms with E-state index in [0.717, 1.165) is 4.90 Å². The number of esters is 1. The molecule has 3 fully saturated rings. The summed E-state index contributed by atoms with van der Waals surface area (Å²) in [6.07, 6.45) is 6.39. The molecule has 2 aliphatic heterocycles. The Morgan fingerprint density at radius 2 is 1.60 bits per heavy atom. The minimum Gasteiger partial charge on any atom is -0.460 e. The van der Waals surface area contributed by atoms with Gasteiger partial charge in [-0.1, -0.05) is 46.8 Å². The summed E-state index contributed by atoms with van der Waals surface area (Å²) in [5.74, 6) is -8.60. The Morgan fingerprint density at radius 1 is 0.896 bits per heavy atom. The molecule has 0 aromatic carbocycles. The lowest BCUT2D eigenvalue weighted by molar-refractivity contribution is -0.265. The number of aldehydes is 2. The Balaban J connectivity index is 1.85. The summed E-state index contributed by atoms with van der Waals surface area (Å²) in [6.45, 7) is 12.1. The summed E-state index contributed by atoms with van der Waals surface area (Å²) >= 11 is 0. The number of Topliss-reactive ketones (excluding diaryl/α,β-unsaturated/α-hetero) is 3. The third-order valence-electron chi connectivity index (χ3n) is 14.3. The lowest BCUT2D eigenvalue weighted by Crippen LogP contribution is -2.61. The van der Waals surface area contributed by atoms with E-state index in [1.807, 2.05) is 13.8 Å².